The summed E-state index contributed by atoms with van der Waals surface area (Å²) in [4.78, 5) is 22.9. The molecule has 0 fully saturated rings. The van der Waals surface area contributed by atoms with Crippen molar-refractivity contribution in [2.45, 2.75) is 19.9 Å². The van der Waals surface area contributed by atoms with Crippen LogP contribution in [-0.4, -0.2) is 31.4 Å². The van der Waals surface area contributed by atoms with Crippen molar-refractivity contribution >= 4 is 11.8 Å². The molecular formula is C14H21N3O2. The summed E-state index contributed by atoms with van der Waals surface area (Å²) in [7, 11) is 0. The van der Waals surface area contributed by atoms with Crippen LogP contribution < -0.4 is 16.0 Å². The molecule has 2 amide bonds. The van der Waals surface area contributed by atoms with Crippen molar-refractivity contribution in [1.82, 2.24) is 16.0 Å². The van der Waals surface area contributed by atoms with E-state index in [2.05, 4.69) is 16.0 Å². The van der Waals surface area contributed by atoms with Crippen LogP contribution in [0.5, 0.6) is 0 Å². The van der Waals surface area contributed by atoms with Gasteiger partial charge in [0.2, 0.25) is 11.8 Å². The summed E-state index contributed by atoms with van der Waals surface area (Å²) < 4.78 is 0. The zero-order valence-corrected chi connectivity index (χ0v) is 11.2. The average Bonchev–Trinajstić information content (AvgIpc) is 2.44. The molecule has 1 aromatic rings. The van der Waals surface area contributed by atoms with E-state index in [9.17, 15) is 9.59 Å². The fraction of sp³-hybridized carbons (Fsp3) is 0.429. The SMILES string of the molecule is CCNCCC(=O)NCC(=O)NCc1ccccc1. The van der Waals surface area contributed by atoms with Crippen molar-refractivity contribution < 1.29 is 9.59 Å². The van der Waals surface area contributed by atoms with Gasteiger partial charge in [0.05, 0.1) is 6.54 Å². The highest BCUT2D eigenvalue weighted by Gasteiger charge is 2.04. The number of hydrogen-bond donors (Lipinski definition) is 3. The third-order valence-electron chi connectivity index (χ3n) is 2.56. The first-order valence-corrected chi connectivity index (χ1v) is 6.50. The lowest BCUT2D eigenvalue weighted by Gasteiger charge is -2.07. The minimum atomic E-state index is -0.180. The lowest BCUT2D eigenvalue weighted by molar-refractivity contribution is -0.126. The molecule has 0 bridgehead atoms. The van der Waals surface area contributed by atoms with E-state index in [1.165, 1.54) is 0 Å². The van der Waals surface area contributed by atoms with Crippen LogP contribution in [0.4, 0.5) is 0 Å². The number of nitrogens with one attached hydrogen (secondary N) is 3. The molecule has 0 aromatic heterocycles. The number of carbonyl (C=O) groups is 2. The highest BCUT2D eigenvalue weighted by atomic mass is 16.2. The van der Waals surface area contributed by atoms with Gasteiger partial charge in [-0.3, -0.25) is 9.59 Å². The molecular weight excluding hydrogens is 242 g/mol. The largest absolute Gasteiger partial charge is 0.350 e. The van der Waals surface area contributed by atoms with Gasteiger partial charge >= 0.3 is 0 Å². The molecule has 0 unspecified atom stereocenters. The Morgan fingerprint density at radius 3 is 2.47 bits per heavy atom. The first-order chi connectivity index (χ1) is 9.22. The van der Waals surface area contributed by atoms with Crippen LogP contribution >= 0.6 is 0 Å². The highest BCUT2D eigenvalue weighted by molar-refractivity contribution is 5.84. The molecule has 1 aromatic carbocycles. The van der Waals surface area contributed by atoms with E-state index in [0.717, 1.165) is 12.1 Å². The molecule has 3 N–H and O–H groups in total. The lowest BCUT2D eigenvalue weighted by Crippen LogP contribution is -2.37. The predicted octanol–water partition coefficient (Wildman–Crippen LogP) is 0.419. The lowest BCUT2D eigenvalue weighted by atomic mass is 10.2. The minimum Gasteiger partial charge on any atom is -0.350 e. The van der Waals surface area contributed by atoms with E-state index in [1.807, 2.05) is 37.3 Å². The van der Waals surface area contributed by atoms with Gasteiger partial charge in [-0.2, -0.15) is 0 Å². The van der Waals surface area contributed by atoms with Gasteiger partial charge in [-0.15, -0.1) is 0 Å². The topological polar surface area (TPSA) is 70.2 Å². The van der Waals surface area contributed by atoms with Crippen molar-refractivity contribution in [3.8, 4) is 0 Å². The fourth-order valence-corrected chi connectivity index (χ4v) is 1.50. The summed E-state index contributed by atoms with van der Waals surface area (Å²) in [6.07, 6.45) is 0.389. The summed E-state index contributed by atoms with van der Waals surface area (Å²) in [5.41, 5.74) is 1.04. The molecule has 0 aliphatic carbocycles. The Morgan fingerprint density at radius 1 is 1.05 bits per heavy atom. The van der Waals surface area contributed by atoms with Gasteiger partial charge < -0.3 is 16.0 Å². The van der Waals surface area contributed by atoms with Crippen LogP contribution in [0.3, 0.4) is 0 Å². The Kier molecular flexibility index (Phi) is 7.27. The summed E-state index contributed by atoms with van der Waals surface area (Å²) in [5.74, 6) is -0.295. The summed E-state index contributed by atoms with van der Waals surface area (Å²) in [6.45, 7) is 3.96. The van der Waals surface area contributed by atoms with E-state index in [-0.39, 0.29) is 18.4 Å². The maximum Gasteiger partial charge on any atom is 0.239 e. The van der Waals surface area contributed by atoms with Crippen LogP contribution in [0, 0.1) is 0 Å². The van der Waals surface area contributed by atoms with Crippen molar-refractivity contribution in [3.05, 3.63) is 35.9 Å². The number of carbonyl (C=O) groups excluding carboxylic acids is 2. The molecule has 104 valence electrons. The van der Waals surface area contributed by atoms with Crippen LogP contribution in [0.2, 0.25) is 0 Å². The van der Waals surface area contributed by atoms with E-state index in [1.54, 1.807) is 0 Å². The number of rotatable bonds is 8. The Morgan fingerprint density at radius 2 is 1.79 bits per heavy atom. The molecule has 0 atom stereocenters. The third kappa shape index (κ3) is 7.21. The molecule has 0 saturated heterocycles. The Labute approximate surface area is 113 Å². The minimum absolute atomic E-state index is 0.0256. The quantitative estimate of drug-likeness (QED) is 0.595. The van der Waals surface area contributed by atoms with Crippen molar-refractivity contribution in [3.63, 3.8) is 0 Å². The molecule has 0 radical (unpaired) electrons. The Balaban J connectivity index is 2.12. The average molecular weight is 263 g/mol. The molecule has 0 aliphatic heterocycles. The van der Waals surface area contributed by atoms with E-state index < -0.39 is 0 Å². The van der Waals surface area contributed by atoms with E-state index in [4.69, 9.17) is 0 Å². The van der Waals surface area contributed by atoms with Gasteiger partial charge in [-0.1, -0.05) is 37.3 Å². The zero-order chi connectivity index (χ0) is 13.9. The van der Waals surface area contributed by atoms with E-state index >= 15 is 0 Å². The summed E-state index contributed by atoms with van der Waals surface area (Å²) in [5, 5.41) is 8.39. The van der Waals surface area contributed by atoms with Gasteiger partial charge in [-0.25, -0.2) is 0 Å². The normalized spacial score (nSPS) is 9.95. The van der Waals surface area contributed by atoms with Crippen molar-refractivity contribution in [2.24, 2.45) is 0 Å². The van der Waals surface area contributed by atoms with Crippen LogP contribution in [0.1, 0.15) is 18.9 Å². The van der Waals surface area contributed by atoms with Crippen LogP contribution in [-0.2, 0) is 16.1 Å². The first kappa shape index (κ1) is 15.2. The second-order valence-corrected chi connectivity index (χ2v) is 4.14. The van der Waals surface area contributed by atoms with Crippen LogP contribution in [0.15, 0.2) is 30.3 Å². The molecule has 5 nitrogen and oxygen atoms in total. The number of benzene rings is 1. The maximum atomic E-state index is 11.5. The number of hydrogen-bond acceptors (Lipinski definition) is 3. The predicted molar refractivity (Wildman–Crippen MR) is 74.5 cm³/mol. The van der Waals surface area contributed by atoms with E-state index in [0.29, 0.717) is 19.5 Å². The molecule has 1 rings (SSSR count). The fourth-order valence-electron chi connectivity index (χ4n) is 1.50. The molecule has 0 saturated carbocycles. The highest BCUT2D eigenvalue weighted by Crippen LogP contribution is 1.96. The smallest absolute Gasteiger partial charge is 0.239 e. The molecule has 5 heteroatoms. The summed E-state index contributed by atoms with van der Waals surface area (Å²) in [6, 6.07) is 9.65. The Hall–Kier alpha value is -1.88. The standard InChI is InChI=1S/C14H21N3O2/c1-2-15-9-8-13(18)17-11-14(19)16-10-12-6-4-3-5-7-12/h3-7,15H,2,8-11H2,1H3,(H,16,19)(H,17,18). The molecule has 0 heterocycles. The van der Waals surface area contributed by atoms with Gasteiger partial charge in [-0.05, 0) is 12.1 Å². The van der Waals surface area contributed by atoms with Gasteiger partial charge in [0, 0.05) is 19.5 Å². The second kappa shape index (κ2) is 9.10. The van der Waals surface area contributed by atoms with Crippen molar-refractivity contribution in [2.75, 3.05) is 19.6 Å². The Bertz CT molecular complexity index is 393. The monoisotopic (exact) mass is 263 g/mol. The van der Waals surface area contributed by atoms with Gasteiger partial charge in [0.25, 0.3) is 0 Å². The molecule has 19 heavy (non-hydrogen) atoms. The third-order valence-corrected chi connectivity index (χ3v) is 2.56. The van der Waals surface area contributed by atoms with Gasteiger partial charge in [0.1, 0.15) is 0 Å². The maximum absolute atomic E-state index is 11.5. The number of amides is 2. The first-order valence-electron chi connectivity index (χ1n) is 6.50. The molecule has 0 aliphatic rings. The van der Waals surface area contributed by atoms with Gasteiger partial charge in [0.15, 0.2) is 0 Å². The van der Waals surface area contributed by atoms with Crippen molar-refractivity contribution in [1.29, 1.82) is 0 Å². The summed E-state index contributed by atoms with van der Waals surface area (Å²) >= 11 is 0. The molecule has 0 spiro atoms. The zero-order valence-electron chi connectivity index (χ0n) is 11.2. The van der Waals surface area contributed by atoms with Crippen LogP contribution in [0.25, 0.3) is 0 Å². The second-order valence-electron chi connectivity index (χ2n) is 4.14.